The maximum atomic E-state index is 12.5. The zero-order chi connectivity index (χ0) is 25.8. The van der Waals surface area contributed by atoms with E-state index in [4.69, 9.17) is 5.11 Å². The third kappa shape index (κ3) is 9.41. The van der Waals surface area contributed by atoms with Crippen LogP contribution >= 0.6 is 12.6 Å². The molecule has 0 bridgehead atoms. The van der Waals surface area contributed by atoms with Gasteiger partial charge in [-0.05, 0) is 62.8 Å². The van der Waals surface area contributed by atoms with Gasteiger partial charge in [0.05, 0.1) is 0 Å². The van der Waals surface area contributed by atoms with Crippen LogP contribution in [0.5, 0.6) is 0 Å². The molecule has 202 valence electrons. The smallest absolute Gasteiger partial charge is 0.323 e. The number of carbonyl (C=O) groups excluding carboxylic acids is 1. The van der Waals surface area contributed by atoms with Crippen molar-refractivity contribution in [2.75, 3.05) is 12.3 Å². The van der Waals surface area contributed by atoms with Crippen LogP contribution in [-0.4, -0.2) is 52.3 Å². The molecule has 2 N–H and O–H groups in total. The second kappa shape index (κ2) is 15.7. The van der Waals surface area contributed by atoms with Crippen LogP contribution < -0.4 is 5.32 Å². The average molecular weight is 517 g/mol. The van der Waals surface area contributed by atoms with Crippen molar-refractivity contribution in [2.45, 2.75) is 121 Å². The fourth-order valence-electron chi connectivity index (χ4n) is 6.21. The van der Waals surface area contributed by atoms with E-state index in [0.29, 0.717) is 11.7 Å². The Bertz CT molecular complexity index is 754. The molecule has 0 spiro atoms. The minimum Gasteiger partial charge on any atom is -0.480 e. The molecule has 0 heterocycles. The first-order valence-electron chi connectivity index (χ1n) is 14.4. The van der Waals surface area contributed by atoms with Crippen molar-refractivity contribution in [1.82, 2.24) is 10.2 Å². The van der Waals surface area contributed by atoms with Crippen molar-refractivity contribution in [3.8, 4) is 0 Å². The summed E-state index contributed by atoms with van der Waals surface area (Å²) >= 11 is 4.17. The number of carboxylic acids is 1. The van der Waals surface area contributed by atoms with E-state index in [2.05, 4.69) is 42.2 Å². The number of hydrogen-bond donors (Lipinski definition) is 3. The molecule has 3 aliphatic rings. The predicted octanol–water partition coefficient (Wildman–Crippen LogP) is 6.43. The lowest BCUT2D eigenvalue weighted by Crippen LogP contribution is -2.47. The third-order valence-corrected chi connectivity index (χ3v) is 8.92. The zero-order valence-corrected chi connectivity index (χ0v) is 23.1. The van der Waals surface area contributed by atoms with Gasteiger partial charge < -0.3 is 15.3 Å². The molecule has 6 heteroatoms. The molecule has 1 aromatic rings. The Balaban J connectivity index is 0.000000233. The van der Waals surface area contributed by atoms with Crippen molar-refractivity contribution < 1.29 is 14.7 Å². The normalized spacial score (nSPS) is 24.3. The van der Waals surface area contributed by atoms with E-state index in [1.54, 1.807) is 11.8 Å². The van der Waals surface area contributed by atoms with E-state index < -0.39 is 5.97 Å². The summed E-state index contributed by atoms with van der Waals surface area (Å²) < 4.78 is 0. The number of nitrogens with one attached hydrogen (secondary N) is 1. The Kier molecular flexibility index (Phi) is 12.6. The summed E-state index contributed by atoms with van der Waals surface area (Å²) in [6, 6.07) is 12.2. The molecule has 0 aliphatic heterocycles. The van der Waals surface area contributed by atoms with E-state index in [1.165, 1.54) is 69.8 Å². The number of amides is 1. The molecule has 1 atom stereocenters. The van der Waals surface area contributed by atoms with Crippen LogP contribution in [0.25, 0.3) is 0 Å². The quantitative estimate of drug-likeness (QED) is 0.348. The number of hydrogen-bond acceptors (Lipinski definition) is 4. The van der Waals surface area contributed by atoms with Gasteiger partial charge >= 0.3 is 5.97 Å². The van der Waals surface area contributed by atoms with Gasteiger partial charge in [0.25, 0.3) is 0 Å². The van der Waals surface area contributed by atoms with Crippen LogP contribution in [0.1, 0.15) is 108 Å². The van der Waals surface area contributed by atoms with E-state index in [9.17, 15) is 9.59 Å². The van der Waals surface area contributed by atoms with Gasteiger partial charge in [-0.15, -0.1) is 0 Å². The molecule has 0 radical (unpaired) electrons. The van der Waals surface area contributed by atoms with Gasteiger partial charge in [0.1, 0.15) is 6.54 Å². The third-order valence-electron chi connectivity index (χ3n) is 8.37. The molecule has 1 unspecified atom stereocenters. The molecular formula is C30H48N2O3S. The summed E-state index contributed by atoms with van der Waals surface area (Å²) in [5.41, 5.74) is 1.34. The molecule has 3 saturated carbocycles. The van der Waals surface area contributed by atoms with Gasteiger partial charge in [-0.1, -0.05) is 75.8 Å². The molecule has 1 aromatic carbocycles. The largest absolute Gasteiger partial charge is 0.480 e. The summed E-state index contributed by atoms with van der Waals surface area (Å²) in [6.07, 6.45) is 18.3. The number of aliphatic carboxylic acids is 1. The van der Waals surface area contributed by atoms with Crippen LogP contribution in [0, 0.1) is 5.92 Å². The Morgan fingerprint density at radius 1 is 0.889 bits per heavy atom. The molecular weight excluding hydrogens is 468 g/mol. The average Bonchev–Trinajstić information content (AvgIpc) is 2.93. The Labute approximate surface area is 224 Å². The number of thiol groups is 1. The first-order chi connectivity index (χ1) is 17.5. The van der Waals surface area contributed by atoms with Crippen LogP contribution in [0.15, 0.2) is 30.3 Å². The Morgan fingerprint density at radius 2 is 1.42 bits per heavy atom. The second-order valence-electron chi connectivity index (χ2n) is 11.2. The van der Waals surface area contributed by atoms with Crippen molar-refractivity contribution in [1.29, 1.82) is 0 Å². The summed E-state index contributed by atoms with van der Waals surface area (Å²) in [6.45, 7) is 1.59. The lowest BCUT2D eigenvalue weighted by molar-refractivity contribution is -0.148. The summed E-state index contributed by atoms with van der Waals surface area (Å²) in [4.78, 5) is 25.2. The molecule has 0 saturated heterocycles. The van der Waals surface area contributed by atoms with Crippen LogP contribution in [0.3, 0.4) is 0 Å². The Hall–Kier alpha value is -1.53. The monoisotopic (exact) mass is 516 g/mol. The van der Waals surface area contributed by atoms with E-state index in [-0.39, 0.29) is 24.4 Å². The van der Waals surface area contributed by atoms with Crippen LogP contribution in [-0.2, 0) is 9.59 Å². The van der Waals surface area contributed by atoms with Gasteiger partial charge in [-0.2, -0.15) is 12.6 Å². The highest BCUT2D eigenvalue weighted by Gasteiger charge is 2.32. The molecule has 4 rings (SSSR count). The minimum absolute atomic E-state index is 0.0286. The molecule has 1 amide bonds. The predicted molar refractivity (Wildman–Crippen MR) is 151 cm³/mol. The number of carbonyl (C=O) groups is 2. The SMILES string of the molecule is C1CCC(NC2CCCCC2)CC1.CC(CS)C(=O)N(CC(=O)O)C1CCC(c2ccccc2)CC1. The molecule has 3 aliphatic carbocycles. The Morgan fingerprint density at radius 3 is 1.89 bits per heavy atom. The van der Waals surface area contributed by atoms with E-state index in [0.717, 1.165) is 37.8 Å². The molecule has 3 fully saturated rings. The maximum Gasteiger partial charge on any atom is 0.323 e. The van der Waals surface area contributed by atoms with Crippen molar-refractivity contribution in [2.24, 2.45) is 5.92 Å². The van der Waals surface area contributed by atoms with E-state index in [1.807, 2.05) is 6.07 Å². The lowest BCUT2D eigenvalue weighted by atomic mass is 9.81. The fraction of sp³-hybridized carbons (Fsp3) is 0.733. The van der Waals surface area contributed by atoms with Crippen LogP contribution in [0.2, 0.25) is 0 Å². The van der Waals surface area contributed by atoms with Crippen LogP contribution in [0.4, 0.5) is 0 Å². The van der Waals surface area contributed by atoms with Crippen molar-refractivity contribution in [3.05, 3.63) is 35.9 Å². The fourth-order valence-corrected chi connectivity index (χ4v) is 6.37. The first kappa shape index (κ1) is 29.0. The number of benzene rings is 1. The summed E-state index contributed by atoms with van der Waals surface area (Å²) in [5.74, 6) is -0.338. The highest BCUT2D eigenvalue weighted by Crippen LogP contribution is 2.35. The van der Waals surface area contributed by atoms with Gasteiger partial charge in [0, 0.05) is 29.8 Å². The number of nitrogens with zero attached hydrogens (tertiary/aromatic N) is 1. The first-order valence-corrected chi connectivity index (χ1v) is 15.0. The lowest BCUT2D eigenvalue weighted by Gasteiger charge is -2.37. The standard InChI is InChI=1S/C18H25NO3S.C12H23N/c1-13(12-23)18(22)19(11-17(20)21)16-9-7-15(8-10-16)14-5-3-2-4-6-14;1-3-7-11(8-4-1)13-12-9-5-2-6-10-12/h2-6,13,15-16,23H,7-12H2,1H3,(H,20,21);11-13H,1-10H2. The van der Waals surface area contributed by atoms with Crippen molar-refractivity contribution >= 4 is 24.5 Å². The zero-order valence-electron chi connectivity index (χ0n) is 22.2. The number of carboxylic acid groups (broad SMARTS) is 1. The van der Waals surface area contributed by atoms with Gasteiger partial charge in [0.2, 0.25) is 5.91 Å². The van der Waals surface area contributed by atoms with E-state index >= 15 is 0 Å². The molecule has 0 aromatic heterocycles. The van der Waals surface area contributed by atoms with Gasteiger partial charge in [-0.3, -0.25) is 9.59 Å². The summed E-state index contributed by atoms with van der Waals surface area (Å²) in [7, 11) is 0. The summed E-state index contributed by atoms with van der Waals surface area (Å²) in [5, 5.41) is 13.0. The maximum absolute atomic E-state index is 12.5. The van der Waals surface area contributed by atoms with Gasteiger partial charge in [-0.25, -0.2) is 0 Å². The van der Waals surface area contributed by atoms with Crippen molar-refractivity contribution in [3.63, 3.8) is 0 Å². The molecule has 36 heavy (non-hydrogen) atoms. The molecule has 5 nitrogen and oxygen atoms in total. The topological polar surface area (TPSA) is 69.6 Å². The highest BCUT2D eigenvalue weighted by molar-refractivity contribution is 7.80. The second-order valence-corrected chi connectivity index (χ2v) is 11.6. The minimum atomic E-state index is -0.949. The highest BCUT2D eigenvalue weighted by atomic mass is 32.1. The number of rotatable bonds is 8. The van der Waals surface area contributed by atoms with Gasteiger partial charge in [0.15, 0.2) is 0 Å².